The van der Waals surface area contributed by atoms with Crippen molar-refractivity contribution in [3.63, 3.8) is 0 Å². The Bertz CT molecular complexity index is 1490. The molecule has 14 nitrogen and oxygen atoms in total. The number of anilines is 1. The Morgan fingerprint density at radius 3 is 2.77 bits per heavy atom. The maximum Gasteiger partial charge on any atom is 0.459 e. The van der Waals surface area contributed by atoms with Gasteiger partial charge in [0.2, 0.25) is 5.95 Å². The van der Waals surface area contributed by atoms with E-state index in [4.69, 9.17) is 24.3 Å². The molecule has 0 amide bonds. The van der Waals surface area contributed by atoms with E-state index in [0.29, 0.717) is 0 Å². The van der Waals surface area contributed by atoms with Crippen molar-refractivity contribution in [2.75, 3.05) is 12.3 Å². The maximum absolute atomic E-state index is 13.8. The van der Waals surface area contributed by atoms with E-state index in [2.05, 4.69) is 26.1 Å². The van der Waals surface area contributed by atoms with Gasteiger partial charge in [0, 0.05) is 0 Å². The summed E-state index contributed by atoms with van der Waals surface area (Å²) in [6.07, 6.45) is -0.462. The number of ether oxygens (including phenoxy) is 2. The van der Waals surface area contributed by atoms with E-state index in [1.807, 2.05) is 0 Å². The van der Waals surface area contributed by atoms with E-state index in [-0.39, 0.29) is 42.0 Å². The number of benzene rings is 1. The van der Waals surface area contributed by atoms with Gasteiger partial charge >= 0.3 is 13.7 Å². The Morgan fingerprint density at radius 2 is 2.10 bits per heavy atom. The lowest BCUT2D eigenvalue weighted by atomic mass is 9.87. The molecular formula is C24H30N7O7P. The molecule has 1 fully saturated rings. The molecule has 5 atom stereocenters. The number of aromatic amines is 1. The second-order valence-electron chi connectivity index (χ2n) is 9.65. The van der Waals surface area contributed by atoms with Crippen molar-refractivity contribution < 1.29 is 27.9 Å². The molecule has 15 heteroatoms. The molecule has 0 saturated carbocycles. The summed E-state index contributed by atoms with van der Waals surface area (Å²) in [4.78, 5) is 35.2. The van der Waals surface area contributed by atoms with Gasteiger partial charge < -0.3 is 19.7 Å². The number of hydrogen-bond acceptors (Lipinski definition) is 11. The first-order chi connectivity index (χ1) is 18.4. The van der Waals surface area contributed by atoms with E-state index in [1.165, 1.54) is 17.8 Å². The monoisotopic (exact) mass is 559 g/mol. The number of nitrogens with zero attached hydrogens (tertiary/aromatic N) is 4. The third-order valence-corrected chi connectivity index (χ3v) is 7.58. The predicted molar refractivity (Wildman–Crippen MR) is 139 cm³/mol. The van der Waals surface area contributed by atoms with Gasteiger partial charge in [-0.15, -0.1) is 0 Å². The van der Waals surface area contributed by atoms with Crippen molar-refractivity contribution in [1.29, 1.82) is 5.26 Å². The zero-order valence-electron chi connectivity index (χ0n) is 21.9. The van der Waals surface area contributed by atoms with Crippen molar-refractivity contribution in [2.24, 2.45) is 5.41 Å². The van der Waals surface area contributed by atoms with Gasteiger partial charge in [-0.25, -0.2) is 9.55 Å². The summed E-state index contributed by atoms with van der Waals surface area (Å²) < 4.78 is 38.0. The lowest BCUT2D eigenvalue weighted by molar-refractivity contribution is -0.149. The summed E-state index contributed by atoms with van der Waals surface area (Å²) in [6.45, 7) is 6.31. The Labute approximate surface area is 224 Å². The summed E-state index contributed by atoms with van der Waals surface area (Å²) >= 11 is 0. The van der Waals surface area contributed by atoms with Crippen LogP contribution in [0.2, 0.25) is 0 Å². The van der Waals surface area contributed by atoms with Gasteiger partial charge in [-0.3, -0.25) is 23.7 Å². The van der Waals surface area contributed by atoms with Crippen LogP contribution in [-0.4, -0.2) is 50.3 Å². The fourth-order valence-corrected chi connectivity index (χ4v) is 5.68. The molecule has 2 aromatic heterocycles. The minimum Gasteiger partial charge on any atom is -0.462 e. The normalized spacial score (nSPS) is 23.3. The van der Waals surface area contributed by atoms with Gasteiger partial charge in [0.15, 0.2) is 17.4 Å². The molecule has 1 saturated heterocycles. The van der Waals surface area contributed by atoms with Crippen molar-refractivity contribution >= 4 is 30.8 Å². The van der Waals surface area contributed by atoms with Crippen LogP contribution in [0, 0.1) is 16.7 Å². The number of nitrogens with two attached hydrogens (primary N) is 1. The second kappa shape index (κ2) is 11.2. The highest BCUT2D eigenvalue weighted by Gasteiger charge is 2.48. The Morgan fingerprint density at radius 1 is 1.38 bits per heavy atom. The van der Waals surface area contributed by atoms with E-state index in [0.717, 1.165) is 0 Å². The Hall–Kier alpha value is -3.76. The predicted octanol–water partition coefficient (Wildman–Crippen LogP) is 2.65. The highest BCUT2D eigenvalue weighted by molar-refractivity contribution is 7.52. The second-order valence-corrected chi connectivity index (χ2v) is 11.3. The number of nitriles is 1. The third kappa shape index (κ3) is 6.29. The standard InChI is InChI=1S/C24H30N7O7P/c1-14(2)36-21(33)15(3)30-39(34,38-16-8-6-5-7-9-16)35-11-17-10-24(4,12-25)22(37-17)31-13-27-18-19(31)28-23(26)29-20(18)32/h5-9,13-15,17,22H,10-11H2,1-4H3,(H,30,34)(H3,26,28,29,32). The fraction of sp³-hybridized carbons (Fsp3) is 0.458. The van der Waals surface area contributed by atoms with Gasteiger partial charge in [-0.05, 0) is 46.2 Å². The summed E-state index contributed by atoms with van der Waals surface area (Å²) in [6, 6.07) is 9.57. The Kier molecular flexibility index (Phi) is 8.08. The molecule has 5 unspecified atom stereocenters. The molecule has 39 heavy (non-hydrogen) atoms. The van der Waals surface area contributed by atoms with Crippen LogP contribution in [0.1, 0.15) is 40.3 Å². The first-order valence-corrected chi connectivity index (χ1v) is 13.7. The lowest BCUT2D eigenvalue weighted by Gasteiger charge is -2.24. The van der Waals surface area contributed by atoms with Crippen LogP contribution in [-0.2, 0) is 23.4 Å². The van der Waals surface area contributed by atoms with E-state index >= 15 is 0 Å². The molecular weight excluding hydrogens is 529 g/mol. The number of rotatable bonds is 10. The minimum absolute atomic E-state index is 0.0417. The summed E-state index contributed by atoms with van der Waals surface area (Å²) in [5.41, 5.74) is 4.29. The molecule has 0 bridgehead atoms. The smallest absolute Gasteiger partial charge is 0.459 e. The molecule has 4 N–H and O–H groups in total. The number of fused-ring (bicyclic) bond motifs is 1. The number of aromatic nitrogens is 4. The molecule has 1 aromatic carbocycles. The number of carbonyl (C=O) groups excluding carboxylic acids is 1. The van der Waals surface area contributed by atoms with Crippen molar-refractivity contribution in [2.45, 2.75) is 58.6 Å². The van der Waals surface area contributed by atoms with Crippen LogP contribution in [0.4, 0.5) is 5.95 Å². The van der Waals surface area contributed by atoms with Crippen LogP contribution in [0.15, 0.2) is 41.5 Å². The number of H-pyrrole nitrogens is 1. The Balaban J connectivity index is 1.55. The number of carbonyl (C=O) groups is 1. The fourth-order valence-electron chi connectivity index (χ4n) is 4.16. The molecule has 1 aliphatic rings. The zero-order chi connectivity index (χ0) is 28.4. The molecule has 0 radical (unpaired) electrons. The summed E-state index contributed by atoms with van der Waals surface area (Å²) in [5, 5.41) is 12.6. The number of esters is 1. The summed E-state index contributed by atoms with van der Waals surface area (Å²) in [7, 11) is -4.14. The number of nitrogens with one attached hydrogen (secondary N) is 2. The third-order valence-electron chi connectivity index (χ3n) is 5.93. The van der Waals surface area contributed by atoms with Crippen LogP contribution >= 0.6 is 7.75 Å². The summed E-state index contributed by atoms with van der Waals surface area (Å²) in [5.74, 6) is -0.488. The van der Waals surface area contributed by atoms with Crippen molar-refractivity contribution in [3.8, 4) is 11.8 Å². The largest absolute Gasteiger partial charge is 0.462 e. The van der Waals surface area contributed by atoms with Crippen LogP contribution in [0.3, 0.4) is 0 Å². The molecule has 0 aliphatic carbocycles. The van der Waals surface area contributed by atoms with E-state index in [9.17, 15) is 19.4 Å². The number of nitrogen functional groups attached to an aromatic ring is 1. The molecule has 208 valence electrons. The van der Waals surface area contributed by atoms with Gasteiger partial charge in [-0.1, -0.05) is 18.2 Å². The average molecular weight is 560 g/mol. The topological polar surface area (TPSA) is 196 Å². The molecule has 3 heterocycles. The lowest BCUT2D eigenvalue weighted by Crippen LogP contribution is -2.36. The highest BCUT2D eigenvalue weighted by Crippen LogP contribution is 2.49. The molecule has 4 rings (SSSR count). The van der Waals surface area contributed by atoms with Crippen LogP contribution < -0.4 is 20.9 Å². The average Bonchev–Trinajstić information content (AvgIpc) is 3.44. The first-order valence-electron chi connectivity index (χ1n) is 12.2. The van der Waals surface area contributed by atoms with Crippen LogP contribution in [0.5, 0.6) is 5.75 Å². The minimum atomic E-state index is -4.14. The van der Waals surface area contributed by atoms with Gasteiger partial charge in [0.05, 0.1) is 31.2 Å². The van der Waals surface area contributed by atoms with Crippen LogP contribution in [0.25, 0.3) is 11.2 Å². The number of para-hydroxylation sites is 1. The van der Waals surface area contributed by atoms with Crippen molar-refractivity contribution in [3.05, 3.63) is 47.0 Å². The zero-order valence-corrected chi connectivity index (χ0v) is 22.8. The van der Waals surface area contributed by atoms with Gasteiger partial charge in [-0.2, -0.15) is 15.3 Å². The first kappa shape index (κ1) is 28.3. The maximum atomic E-state index is 13.8. The highest BCUT2D eigenvalue weighted by atomic mass is 31.2. The van der Waals surface area contributed by atoms with Gasteiger partial charge in [0.25, 0.3) is 5.56 Å². The van der Waals surface area contributed by atoms with E-state index < -0.39 is 43.1 Å². The number of imidazole rings is 1. The van der Waals surface area contributed by atoms with E-state index in [1.54, 1.807) is 51.1 Å². The quantitative estimate of drug-likeness (QED) is 0.243. The SMILES string of the molecule is CC(C)OC(=O)C(C)NP(=O)(OCC1CC(C)(C#N)C(n2cnc3c(=O)[nH]c(N)nc32)O1)Oc1ccccc1. The molecule has 3 aromatic rings. The van der Waals surface area contributed by atoms with Crippen molar-refractivity contribution in [1.82, 2.24) is 24.6 Å². The number of hydrogen-bond donors (Lipinski definition) is 3. The van der Waals surface area contributed by atoms with Gasteiger partial charge in [0.1, 0.15) is 17.2 Å². The molecule has 1 aliphatic heterocycles. The molecule has 0 spiro atoms.